The highest BCUT2D eigenvalue weighted by atomic mass is 32.2. The first-order valence-corrected chi connectivity index (χ1v) is 6.57. The van der Waals surface area contributed by atoms with Crippen molar-refractivity contribution in [1.29, 1.82) is 0 Å². The van der Waals surface area contributed by atoms with E-state index in [1.54, 1.807) is 0 Å². The van der Waals surface area contributed by atoms with Crippen LogP contribution in [0.1, 0.15) is 20.3 Å². The van der Waals surface area contributed by atoms with E-state index >= 15 is 0 Å². The van der Waals surface area contributed by atoms with Crippen molar-refractivity contribution in [3.8, 4) is 0 Å². The third-order valence-corrected chi connectivity index (χ3v) is 4.20. The third-order valence-electron chi connectivity index (χ3n) is 3.01. The summed E-state index contributed by atoms with van der Waals surface area (Å²) in [4.78, 5) is 11.6. The maximum Gasteiger partial charge on any atom is 0.311 e. The van der Waals surface area contributed by atoms with E-state index in [4.69, 9.17) is 4.74 Å². The van der Waals surface area contributed by atoms with Crippen LogP contribution in [0.2, 0.25) is 0 Å². The Bertz CT molecular complexity index is 212. The molecule has 1 fully saturated rings. The molecule has 88 valence electrons. The van der Waals surface area contributed by atoms with Gasteiger partial charge in [-0.1, -0.05) is 13.8 Å². The minimum absolute atomic E-state index is 0.123. The largest absolute Gasteiger partial charge is 0.469 e. The highest BCUT2D eigenvalue weighted by Crippen LogP contribution is 2.32. The van der Waals surface area contributed by atoms with Crippen LogP contribution in [0, 0.1) is 17.8 Å². The number of thioether (sulfide) groups is 1. The van der Waals surface area contributed by atoms with Gasteiger partial charge < -0.3 is 9.84 Å². The molecule has 1 rings (SSSR count). The first-order valence-electron chi connectivity index (χ1n) is 5.41. The molecule has 0 bridgehead atoms. The van der Waals surface area contributed by atoms with Crippen molar-refractivity contribution < 1.29 is 14.6 Å². The van der Waals surface area contributed by atoms with Crippen LogP contribution in [0.15, 0.2) is 0 Å². The summed E-state index contributed by atoms with van der Waals surface area (Å²) in [7, 11) is 1.38. The standard InChI is InChI=1S/C11H20O3S/c1-7(2)9(11(13)14-3)10(12)8-4-5-15-6-8/h7-10,12H,4-6H2,1-3H3. The van der Waals surface area contributed by atoms with Crippen molar-refractivity contribution >= 4 is 17.7 Å². The zero-order valence-electron chi connectivity index (χ0n) is 9.60. The van der Waals surface area contributed by atoms with Crippen LogP contribution < -0.4 is 0 Å². The molecule has 3 unspecified atom stereocenters. The van der Waals surface area contributed by atoms with Gasteiger partial charge in [0.2, 0.25) is 0 Å². The molecule has 0 saturated carbocycles. The Kier molecular flexibility index (Phi) is 4.93. The van der Waals surface area contributed by atoms with E-state index in [-0.39, 0.29) is 23.7 Å². The minimum atomic E-state index is -0.549. The Morgan fingerprint density at radius 3 is 2.60 bits per heavy atom. The van der Waals surface area contributed by atoms with Crippen LogP contribution in [0.4, 0.5) is 0 Å². The van der Waals surface area contributed by atoms with E-state index in [0.29, 0.717) is 0 Å². The number of carbonyl (C=O) groups is 1. The molecule has 0 aliphatic carbocycles. The molecule has 0 aromatic heterocycles. The molecule has 0 spiro atoms. The van der Waals surface area contributed by atoms with Crippen molar-refractivity contribution in [3.05, 3.63) is 0 Å². The minimum Gasteiger partial charge on any atom is -0.469 e. The molecule has 0 radical (unpaired) electrons. The van der Waals surface area contributed by atoms with Crippen LogP contribution >= 0.6 is 11.8 Å². The number of ether oxygens (including phenoxy) is 1. The Morgan fingerprint density at radius 1 is 1.53 bits per heavy atom. The molecule has 0 aromatic rings. The molecule has 3 nitrogen and oxygen atoms in total. The van der Waals surface area contributed by atoms with Gasteiger partial charge in [0.05, 0.1) is 19.1 Å². The number of aliphatic hydroxyl groups is 1. The van der Waals surface area contributed by atoms with E-state index in [1.165, 1.54) is 7.11 Å². The van der Waals surface area contributed by atoms with Crippen molar-refractivity contribution in [2.45, 2.75) is 26.4 Å². The Balaban J connectivity index is 2.65. The van der Waals surface area contributed by atoms with Gasteiger partial charge in [-0.05, 0) is 29.8 Å². The first kappa shape index (κ1) is 12.8. The van der Waals surface area contributed by atoms with E-state index < -0.39 is 6.10 Å². The number of rotatable bonds is 4. The molecule has 15 heavy (non-hydrogen) atoms. The molecule has 1 saturated heterocycles. The van der Waals surface area contributed by atoms with E-state index in [0.717, 1.165) is 17.9 Å². The predicted octanol–water partition coefficient (Wildman–Crippen LogP) is 1.55. The summed E-state index contributed by atoms with van der Waals surface area (Å²) in [5.74, 6) is 1.77. The lowest BCUT2D eigenvalue weighted by atomic mass is 9.83. The van der Waals surface area contributed by atoms with Gasteiger partial charge >= 0.3 is 5.97 Å². The molecule has 1 aliphatic heterocycles. The highest BCUT2D eigenvalue weighted by Gasteiger charge is 2.37. The zero-order chi connectivity index (χ0) is 11.4. The van der Waals surface area contributed by atoms with E-state index in [2.05, 4.69) is 0 Å². The van der Waals surface area contributed by atoms with Crippen LogP contribution in [-0.2, 0) is 9.53 Å². The van der Waals surface area contributed by atoms with Gasteiger partial charge in [-0.2, -0.15) is 11.8 Å². The van der Waals surface area contributed by atoms with Crippen molar-refractivity contribution in [2.75, 3.05) is 18.6 Å². The highest BCUT2D eigenvalue weighted by molar-refractivity contribution is 7.99. The van der Waals surface area contributed by atoms with Crippen LogP contribution in [-0.4, -0.2) is 35.8 Å². The number of hydrogen-bond donors (Lipinski definition) is 1. The van der Waals surface area contributed by atoms with Crippen molar-refractivity contribution in [3.63, 3.8) is 0 Å². The molecule has 4 heteroatoms. The number of aliphatic hydroxyl groups excluding tert-OH is 1. The number of methoxy groups -OCH3 is 1. The fourth-order valence-corrected chi connectivity index (χ4v) is 3.36. The van der Waals surface area contributed by atoms with Gasteiger partial charge in [-0.3, -0.25) is 4.79 Å². The van der Waals surface area contributed by atoms with E-state index in [1.807, 2.05) is 25.6 Å². The summed E-state index contributed by atoms with van der Waals surface area (Å²) < 4.78 is 4.75. The Hall–Kier alpha value is -0.220. The fraction of sp³-hybridized carbons (Fsp3) is 0.909. The Labute approximate surface area is 95.6 Å². The topological polar surface area (TPSA) is 46.5 Å². The summed E-state index contributed by atoms with van der Waals surface area (Å²) in [6.45, 7) is 3.90. The molecule has 1 heterocycles. The van der Waals surface area contributed by atoms with Crippen molar-refractivity contribution in [1.82, 2.24) is 0 Å². The maximum atomic E-state index is 11.6. The average molecular weight is 232 g/mol. The van der Waals surface area contributed by atoms with Gasteiger partial charge in [0.25, 0.3) is 0 Å². The average Bonchev–Trinajstić information content (AvgIpc) is 2.69. The molecule has 1 aliphatic rings. The predicted molar refractivity (Wildman–Crippen MR) is 61.8 cm³/mol. The monoisotopic (exact) mass is 232 g/mol. The zero-order valence-corrected chi connectivity index (χ0v) is 10.4. The quantitative estimate of drug-likeness (QED) is 0.747. The number of carbonyl (C=O) groups excluding carboxylic acids is 1. The number of esters is 1. The lowest BCUT2D eigenvalue weighted by Gasteiger charge is -2.27. The summed E-state index contributed by atoms with van der Waals surface area (Å²) in [5, 5.41) is 10.2. The van der Waals surface area contributed by atoms with Crippen LogP contribution in [0.3, 0.4) is 0 Å². The first-order chi connectivity index (χ1) is 7.07. The normalized spacial score (nSPS) is 25.3. The van der Waals surface area contributed by atoms with E-state index in [9.17, 15) is 9.90 Å². The molecular formula is C11H20O3S. The van der Waals surface area contributed by atoms with Gasteiger partial charge in [0.15, 0.2) is 0 Å². The number of hydrogen-bond acceptors (Lipinski definition) is 4. The third kappa shape index (κ3) is 3.11. The molecule has 1 N–H and O–H groups in total. The lowest BCUT2D eigenvalue weighted by Crippen LogP contribution is -2.38. The Morgan fingerprint density at radius 2 is 2.20 bits per heavy atom. The fourth-order valence-electron chi connectivity index (χ4n) is 2.06. The van der Waals surface area contributed by atoms with Crippen molar-refractivity contribution in [2.24, 2.45) is 17.8 Å². The molecule has 0 aromatic carbocycles. The molecular weight excluding hydrogens is 212 g/mol. The molecule has 3 atom stereocenters. The SMILES string of the molecule is COC(=O)C(C(C)C)C(O)C1CCSC1. The summed E-state index contributed by atoms with van der Waals surface area (Å²) in [6.07, 6.45) is 0.457. The summed E-state index contributed by atoms with van der Waals surface area (Å²) >= 11 is 1.85. The second-order valence-electron chi connectivity index (χ2n) is 4.41. The summed E-state index contributed by atoms with van der Waals surface area (Å²) in [6, 6.07) is 0. The van der Waals surface area contributed by atoms with Gasteiger partial charge in [0, 0.05) is 0 Å². The summed E-state index contributed by atoms with van der Waals surface area (Å²) in [5.41, 5.74) is 0. The lowest BCUT2D eigenvalue weighted by molar-refractivity contribution is -0.153. The molecule has 0 amide bonds. The van der Waals surface area contributed by atoms with Crippen LogP contribution in [0.25, 0.3) is 0 Å². The van der Waals surface area contributed by atoms with Gasteiger partial charge in [-0.25, -0.2) is 0 Å². The van der Waals surface area contributed by atoms with Gasteiger partial charge in [0.1, 0.15) is 0 Å². The smallest absolute Gasteiger partial charge is 0.311 e. The second-order valence-corrected chi connectivity index (χ2v) is 5.56. The van der Waals surface area contributed by atoms with Crippen LogP contribution in [0.5, 0.6) is 0 Å². The second kappa shape index (κ2) is 5.75. The maximum absolute atomic E-state index is 11.6. The van der Waals surface area contributed by atoms with Gasteiger partial charge in [-0.15, -0.1) is 0 Å².